The minimum atomic E-state index is -0.280. The van der Waals surface area contributed by atoms with E-state index in [1.54, 1.807) is 0 Å². The highest BCUT2D eigenvalue weighted by Gasteiger charge is 2.26. The van der Waals surface area contributed by atoms with Gasteiger partial charge in [-0.1, -0.05) is 0 Å². The number of nitrogens with zero attached hydrogens (tertiary/aromatic N) is 1. The van der Waals surface area contributed by atoms with Crippen LogP contribution >= 0.6 is 0 Å². The summed E-state index contributed by atoms with van der Waals surface area (Å²) in [7, 11) is 0. The molecule has 1 saturated heterocycles. The first-order valence-electron chi connectivity index (χ1n) is 5.99. The van der Waals surface area contributed by atoms with E-state index in [1.807, 2.05) is 31.2 Å². The Labute approximate surface area is 96.9 Å². The molecular weight excluding hydrogens is 200 g/mol. The molecule has 0 bridgehead atoms. The standard InChI is InChI=1S/C13H20N2O/c1-10(16)13-4-2-3-9-15(13)12-7-5-11(14)6-8-12/h5-8,10,13,16H,2-4,9,14H2,1H3/t10-,13+/m1/s1. The molecule has 0 unspecified atom stereocenters. The summed E-state index contributed by atoms with van der Waals surface area (Å²) in [6.07, 6.45) is 3.20. The average Bonchev–Trinajstić information content (AvgIpc) is 2.30. The van der Waals surface area contributed by atoms with Crippen molar-refractivity contribution in [3.8, 4) is 0 Å². The van der Waals surface area contributed by atoms with Crippen LogP contribution in [0.25, 0.3) is 0 Å². The maximum absolute atomic E-state index is 9.80. The predicted octanol–water partition coefficient (Wildman–Crippen LogP) is 2.01. The number of hydrogen-bond donors (Lipinski definition) is 2. The number of rotatable bonds is 2. The second-order valence-electron chi connectivity index (χ2n) is 4.59. The van der Waals surface area contributed by atoms with Crippen LogP contribution in [0.4, 0.5) is 11.4 Å². The van der Waals surface area contributed by atoms with Gasteiger partial charge in [-0.15, -0.1) is 0 Å². The lowest BCUT2D eigenvalue weighted by molar-refractivity contribution is 0.145. The van der Waals surface area contributed by atoms with Gasteiger partial charge in [-0.25, -0.2) is 0 Å². The molecule has 1 aromatic carbocycles. The van der Waals surface area contributed by atoms with E-state index in [1.165, 1.54) is 18.5 Å². The third-order valence-corrected chi connectivity index (χ3v) is 3.33. The van der Waals surface area contributed by atoms with Crippen molar-refractivity contribution in [3.05, 3.63) is 24.3 Å². The number of aliphatic hydroxyl groups excluding tert-OH is 1. The lowest BCUT2D eigenvalue weighted by Gasteiger charge is -2.39. The molecule has 0 radical (unpaired) electrons. The quantitative estimate of drug-likeness (QED) is 0.750. The molecule has 3 nitrogen and oxygen atoms in total. The minimum Gasteiger partial charge on any atom is -0.399 e. The molecule has 16 heavy (non-hydrogen) atoms. The molecule has 0 amide bonds. The Kier molecular flexibility index (Phi) is 3.34. The van der Waals surface area contributed by atoms with Gasteiger partial charge in [0.25, 0.3) is 0 Å². The molecule has 1 fully saturated rings. The van der Waals surface area contributed by atoms with Gasteiger partial charge in [-0.2, -0.15) is 0 Å². The SMILES string of the molecule is C[C@@H](O)[C@@H]1CCCCN1c1ccc(N)cc1. The lowest BCUT2D eigenvalue weighted by Crippen LogP contribution is -2.45. The maximum Gasteiger partial charge on any atom is 0.0715 e. The van der Waals surface area contributed by atoms with Gasteiger partial charge in [0.15, 0.2) is 0 Å². The second-order valence-corrected chi connectivity index (χ2v) is 4.59. The number of anilines is 2. The molecule has 0 aromatic heterocycles. The van der Waals surface area contributed by atoms with Crippen molar-refractivity contribution in [1.82, 2.24) is 0 Å². The summed E-state index contributed by atoms with van der Waals surface area (Å²) in [5.74, 6) is 0. The van der Waals surface area contributed by atoms with Crippen molar-refractivity contribution < 1.29 is 5.11 Å². The van der Waals surface area contributed by atoms with Crippen molar-refractivity contribution in [2.75, 3.05) is 17.2 Å². The van der Waals surface area contributed by atoms with Crippen LogP contribution in [0, 0.1) is 0 Å². The minimum absolute atomic E-state index is 0.248. The number of aliphatic hydroxyl groups is 1. The zero-order chi connectivity index (χ0) is 11.5. The monoisotopic (exact) mass is 220 g/mol. The molecule has 1 heterocycles. The Balaban J connectivity index is 2.19. The zero-order valence-corrected chi connectivity index (χ0v) is 9.76. The first-order valence-corrected chi connectivity index (χ1v) is 5.99. The number of benzene rings is 1. The van der Waals surface area contributed by atoms with E-state index in [-0.39, 0.29) is 12.1 Å². The van der Waals surface area contributed by atoms with Crippen LogP contribution in [-0.2, 0) is 0 Å². The Bertz CT molecular complexity index is 334. The van der Waals surface area contributed by atoms with Gasteiger partial charge in [0.05, 0.1) is 12.1 Å². The Morgan fingerprint density at radius 3 is 2.62 bits per heavy atom. The largest absolute Gasteiger partial charge is 0.399 e. The highest BCUT2D eigenvalue weighted by Crippen LogP contribution is 2.27. The van der Waals surface area contributed by atoms with Gasteiger partial charge in [-0.05, 0) is 50.5 Å². The summed E-state index contributed by atoms with van der Waals surface area (Å²) >= 11 is 0. The topological polar surface area (TPSA) is 49.5 Å². The fourth-order valence-electron chi connectivity index (χ4n) is 2.45. The first kappa shape index (κ1) is 11.3. The molecule has 0 aliphatic carbocycles. The molecule has 0 saturated carbocycles. The normalized spacial score (nSPS) is 23.1. The first-order chi connectivity index (χ1) is 7.68. The maximum atomic E-state index is 9.80. The molecule has 2 atom stereocenters. The van der Waals surface area contributed by atoms with E-state index in [2.05, 4.69) is 4.90 Å². The Morgan fingerprint density at radius 1 is 1.31 bits per heavy atom. The smallest absolute Gasteiger partial charge is 0.0715 e. The van der Waals surface area contributed by atoms with Gasteiger partial charge in [0.2, 0.25) is 0 Å². The third-order valence-electron chi connectivity index (χ3n) is 3.33. The predicted molar refractivity (Wildman–Crippen MR) is 67.5 cm³/mol. The van der Waals surface area contributed by atoms with Crippen molar-refractivity contribution in [3.63, 3.8) is 0 Å². The average molecular weight is 220 g/mol. The van der Waals surface area contributed by atoms with Crippen molar-refractivity contribution in [2.45, 2.75) is 38.3 Å². The van der Waals surface area contributed by atoms with E-state index < -0.39 is 0 Å². The summed E-state index contributed by atoms with van der Waals surface area (Å²) < 4.78 is 0. The van der Waals surface area contributed by atoms with Crippen LogP contribution in [0.1, 0.15) is 26.2 Å². The molecule has 3 heteroatoms. The van der Waals surface area contributed by atoms with Crippen LogP contribution < -0.4 is 10.6 Å². The van der Waals surface area contributed by atoms with Gasteiger partial charge < -0.3 is 15.7 Å². The fourth-order valence-corrected chi connectivity index (χ4v) is 2.45. The molecule has 1 aliphatic heterocycles. The summed E-state index contributed by atoms with van der Waals surface area (Å²) in [5, 5.41) is 9.80. The van der Waals surface area contributed by atoms with E-state index in [4.69, 9.17) is 5.73 Å². The van der Waals surface area contributed by atoms with E-state index in [0.717, 1.165) is 18.7 Å². The van der Waals surface area contributed by atoms with Crippen LogP contribution in [0.5, 0.6) is 0 Å². The summed E-state index contributed by atoms with van der Waals surface area (Å²) in [5.41, 5.74) is 7.64. The number of hydrogen-bond acceptors (Lipinski definition) is 3. The van der Waals surface area contributed by atoms with Crippen LogP contribution in [-0.4, -0.2) is 23.8 Å². The number of nitrogens with two attached hydrogens (primary N) is 1. The van der Waals surface area contributed by atoms with E-state index in [0.29, 0.717) is 0 Å². The van der Waals surface area contributed by atoms with Gasteiger partial charge >= 0.3 is 0 Å². The Hall–Kier alpha value is -1.22. The molecule has 3 N–H and O–H groups in total. The summed E-state index contributed by atoms with van der Waals surface area (Å²) in [6, 6.07) is 8.16. The van der Waals surface area contributed by atoms with Gasteiger partial charge in [0, 0.05) is 17.9 Å². The fraction of sp³-hybridized carbons (Fsp3) is 0.538. The highest BCUT2D eigenvalue weighted by atomic mass is 16.3. The highest BCUT2D eigenvalue weighted by molar-refractivity contribution is 5.54. The van der Waals surface area contributed by atoms with Gasteiger partial charge in [-0.3, -0.25) is 0 Å². The van der Waals surface area contributed by atoms with Crippen LogP contribution in [0.3, 0.4) is 0 Å². The molecule has 1 aliphatic rings. The molecule has 1 aromatic rings. The third kappa shape index (κ3) is 2.30. The summed E-state index contributed by atoms with van der Waals surface area (Å²) in [6.45, 7) is 2.90. The second kappa shape index (κ2) is 4.74. The van der Waals surface area contributed by atoms with Crippen molar-refractivity contribution >= 4 is 11.4 Å². The van der Waals surface area contributed by atoms with Gasteiger partial charge in [0.1, 0.15) is 0 Å². The molecule has 88 valence electrons. The van der Waals surface area contributed by atoms with E-state index in [9.17, 15) is 5.11 Å². The number of nitrogen functional groups attached to an aromatic ring is 1. The Morgan fingerprint density at radius 2 is 2.00 bits per heavy atom. The summed E-state index contributed by atoms with van der Waals surface area (Å²) in [4.78, 5) is 2.30. The van der Waals surface area contributed by atoms with Crippen LogP contribution in [0.2, 0.25) is 0 Å². The van der Waals surface area contributed by atoms with Crippen molar-refractivity contribution in [1.29, 1.82) is 0 Å². The zero-order valence-electron chi connectivity index (χ0n) is 9.76. The molecule has 2 rings (SSSR count). The van der Waals surface area contributed by atoms with Crippen molar-refractivity contribution in [2.24, 2.45) is 0 Å². The van der Waals surface area contributed by atoms with Crippen LogP contribution in [0.15, 0.2) is 24.3 Å². The lowest BCUT2D eigenvalue weighted by atomic mass is 9.97. The molecule has 0 spiro atoms. The molecular formula is C13H20N2O. The van der Waals surface area contributed by atoms with E-state index >= 15 is 0 Å². The number of piperidine rings is 1.